The largest absolute Gasteiger partial charge is 0.416 e. The maximum absolute atomic E-state index is 12.9. The Balaban J connectivity index is 1.82. The Morgan fingerprint density at radius 1 is 1.04 bits per heavy atom. The Labute approximate surface area is 159 Å². The molecule has 5 nitrogen and oxygen atoms in total. The molecule has 0 aromatic heterocycles. The van der Waals surface area contributed by atoms with Crippen molar-refractivity contribution in [3.05, 3.63) is 53.1 Å². The molecule has 2 aromatic carbocycles. The SMILES string of the molecule is O=S(=O)(Nc1ccc(N2CCOCC2)cc1)c1cc(C(F)(F)F)ccc1Cl. The molecule has 1 saturated heterocycles. The summed E-state index contributed by atoms with van der Waals surface area (Å²) in [6, 6.07) is 8.73. The molecule has 1 heterocycles. The summed E-state index contributed by atoms with van der Waals surface area (Å²) in [5.74, 6) is 0. The van der Waals surface area contributed by atoms with Crippen molar-refractivity contribution in [1.82, 2.24) is 0 Å². The van der Waals surface area contributed by atoms with Crippen LogP contribution in [-0.4, -0.2) is 34.7 Å². The summed E-state index contributed by atoms with van der Waals surface area (Å²) in [7, 11) is -4.28. The number of morpholine rings is 1. The maximum Gasteiger partial charge on any atom is 0.416 e. The zero-order valence-corrected chi connectivity index (χ0v) is 15.5. The summed E-state index contributed by atoms with van der Waals surface area (Å²) < 4.78 is 71.1. The maximum atomic E-state index is 12.9. The molecule has 0 radical (unpaired) electrons. The number of sulfonamides is 1. The number of nitrogens with zero attached hydrogens (tertiary/aromatic N) is 1. The predicted molar refractivity (Wildman–Crippen MR) is 96.7 cm³/mol. The van der Waals surface area contributed by atoms with Crippen molar-refractivity contribution in [2.24, 2.45) is 0 Å². The zero-order valence-electron chi connectivity index (χ0n) is 14.0. The van der Waals surface area contributed by atoms with Crippen LogP contribution in [0.2, 0.25) is 5.02 Å². The molecule has 27 heavy (non-hydrogen) atoms. The third-order valence-electron chi connectivity index (χ3n) is 4.04. The average molecular weight is 421 g/mol. The molecule has 0 atom stereocenters. The van der Waals surface area contributed by atoms with Gasteiger partial charge in [-0.3, -0.25) is 4.72 Å². The molecule has 1 aliphatic heterocycles. The third-order valence-corrected chi connectivity index (χ3v) is 5.91. The van der Waals surface area contributed by atoms with Gasteiger partial charge in [-0.05, 0) is 42.5 Å². The number of ether oxygens (including phenoxy) is 1. The van der Waals surface area contributed by atoms with E-state index in [4.69, 9.17) is 16.3 Å². The molecule has 1 aliphatic rings. The summed E-state index contributed by atoms with van der Waals surface area (Å²) in [5.41, 5.74) is 0.0359. The van der Waals surface area contributed by atoms with Gasteiger partial charge in [0.25, 0.3) is 10.0 Å². The molecular formula is C17H16ClF3N2O3S. The highest BCUT2D eigenvalue weighted by Crippen LogP contribution is 2.34. The molecule has 1 N–H and O–H groups in total. The topological polar surface area (TPSA) is 58.6 Å². The fraction of sp³-hybridized carbons (Fsp3) is 0.294. The Bertz CT molecular complexity index is 912. The highest BCUT2D eigenvalue weighted by atomic mass is 35.5. The lowest BCUT2D eigenvalue weighted by atomic mass is 10.2. The molecule has 0 spiro atoms. The first-order valence-electron chi connectivity index (χ1n) is 7.99. The van der Waals surface area contributed by atoms with E-state index in [1.807, 2.05) is 0 Å². The van der Waals surface area contributed by atoms with Gasteiger partial charge in [-0.15, -0.1) is 0 Å². The normalized spacial score (nSPS) is 15.6. The smallest absolute Gasteiger partial charge is 0.378 e. The van der Waals surface area contributed by atoms with Crippen molar-refractivity contribution in [3.8, 4) is 0 Å². The van der Waals surface area contributed by atoms with Crippen molar-refractivity contribution in [2.45, 2.75) is 11.1 Å². The molecule has 0 unspecified atom stereocenters. The second kappa shape index (κ2) is 7.57. The van der Waals surface area contributed by atoms with Crippen molar-refractivity contribution < 1.29 is 26.3 Å². The molecule has 1 fully saturated rings. The predicted octanol–water partition coefficient (Wildman–Crippen LogP) is 4.00. The monoisotopic (exact) mass is 420 g/mol. The van der Waals surface area contributed by atoms with E-state index in [9.17, 15) is 21.6 Å². The molecule has 2 aromatic rings. The molecule has 3 rings (SSSR count). The van der Waals surface area contributed by atoms with Gasteiger partial charge in [-0.1, -0.05) is 11.6 Å². The van der Waals surface area contributed by atoms with Gasteiger partial charge >= 0.3 is 6.18 Å². The molecule has 0 amide bonds. The van der Waals surface area contributed by atoms with Gasteiger partial charge in [0.2, 0.25) is 0 Å². The summed E-state index contributed by atoms with van der Waals surface area (Å²) in [4.78, 5) is 1.46. The summed E-state index contributed by atoms with van der Waals surface area (Å²) in [6.07, 6.45) is -4.67. The number of benzene rings is 2. The Kier molecular flexibility index (Phi) is 5.55. The summed E-state index contributed by atoms with van der Waals surface area (Å²) in [5, 5.41) is -0.291. The number of hydrogen-bond acceptors (Lipinski definition) is 4. The van der Waals surface area contributed by atoms with E-state index in [2.05, 4.69) is 9.62 Å². The average Bonchev–Trinajstić information content (AvgIpc) is 2.62. The highest BCUT2D eigenvalue weighted by molar-refractivity contribution is 7.92. The van der Waals surface area contributed by atoms with Crippen LogP contribution in [0.3, 0.4) is 0 Å². The molecule has 0 aliphatic carbocycles. The van der Waals surface area contributed by atoms with Crippen molar-refractivity contribution in [3.63, 3.8) is 0 Å². The Morgan fingerprint density at radius 3 is 2.26 bits per heavy atom. The first-order chi connectivity index (χ1) is 12.7. The van der Waals surface area contributed by atoms with Crippen LogP contribution in [0.5, 0.6) is 0 Å². The Morgan fingerprint density at radius 2 is 1.67 bits per heavy atom. The van der Waals surface area contributed by atoms with Crippen LogP contribution in [0.1, 0.15) is 5.56 Å². The summed E-state index contributed by atoms with van der Waals surface area (Å²) in [6.45, 7) is 2.68. The van der Waals surface area contributed by atoms with E-state index >= 15 is 0 Å². The highest BCUT2D eigenvalue weighted by Gasteiger charge is 2.32. The van der Waals surface area contributed by atoms with Gasteiger partial charge in [0.05, 0.1) is 23.8 Å². The molecule has 146 valence electrons. The van der Waals surface area contributed by atoms with Gasteiger partial charge in [0.15, 0.2) is 0 Å². The van der Waals surface area contributed by atoms with E-state index in [-0.39, 0.29) is 10.7 Å². The van der Waals surface area contributed by atoms with E-state index < -0.39 is 26.7 Å². The molecular weight excluding hydrogens is 405 g/mol. The lowest BCUT2D eigenvalue weighted by molar-refractivity contribution is -0.137. The fourth-order valence-corrected chi connectivity index (χ4v) is 4.24. The van der Waals surface area contributed by atoms with Crippen LogP contribution >= 0.6 is 11.6 Å². The van der Waals surface area contributed by atoms with Gasteiger partial charge in [0, 0.05) is 24.5 Å². The van der Waals surface area contributed by atoms with Crippen LogP contribution in [0, 0.1) is 0 Å². The minimum Gasteiger partial charge on any atom is -0.378 e. The van der Waals surface area contributed by atoms with E-state index in [0.717, 1.165) is 30.9 Å². The second-order valence-electron chi connectivity index (χ2n) is 5.89. The Hall–Kier alpha value is -1.97. The lowest BCUT2D eigenvalue weighted by Gasteiger charge is -2.28. The van der Waals surface area contributed by atoms with Crippen molar-refractivity contribution in [2.75, 3.05) is 35.9 Å². The molecule has 0 saturated carbocycles. The zero-order chi connectivity index (χ0) is 19.7. The fourth-order valence-electron chi connectivity index (χ4n) is 2.66. The minimum absolute atomic E-state index is 0.223. The lowest BCUT2D eigenvalue weighted by Crippen LogP contribution is -2.36. The number of rotatable bonds is 4. The number of hydrogen-bond donors (Lipinski definition) is 1. The first-order valence-corrected chi connectivity index (χ1v) is 9.85. The van der Waals surface area contributed by atoms with Crippen molar-refractivity contribution >= 4 is 33.0 Å². The van der Waals surface area contributed by atoms with Crippen LogP contribution in [0.4, 0.5) is 24.5 Å². The minimum atomic E-state index is -4.67. The van der Waals surface area contributed by atoms with E-state index in [0.29, 0.717) is 19.3 Å². The molecule has 0 bridgehead atoms. The number of anilines is 2. The van der Waals surface area contributed by atoms with E-state index in [1.165, 1.54) is 0 Å². The second-order valence-corrected chi connectivity index (χ2v) is 7.95. The van der Waals surface area contributed by atoms with Gasteiger partial charge in [-0.2, -0.15) is 13.2 Å². The number of nitrogens with one attached hydrogen (secondary N) is 1. The molecule has 10 heteroatoms. The van der Waals surface area contributed by atoms with Gasteiger partial charge in [-0.25, -0.2) is 8.42 Å². The summed E-state index contributed by atoms with van der Waals surface area (Å²) >= 11 is 5.82. The number of alkyl halides is 3. The van der Waals surface area contributed by atoms with Crippen LogP contribution in [0.25, 0.3) is 0 Å². The van der Waals surface area contributed by atoms with Crippen LogP contribution in [-0.2, 0) is 20.9 Å². The van der Waals surface area contributed by atoms with Gasteiger partial charge < -0.3 is 9.64 Å². The van der Waals surface area contributed by atoms with Gasteiger partial charge in [0.1, 0.15) is 4.90 Å². The van der Waals surface area contributed by atoms with Crippen LogP contribution in [0.15, 0.2) is 47.4 Å². The van der Waals surface area contributed by atoms with E-state index in [1.54, 1.807) is 24.3 Å². The van der Waals surface area contributed by atoms with Crippen molar-refractivity contribution in [1.29, 1.82) is 0 Å². The first kappa shape index (κ1) is 19.8. The van der Waals surface area contributed by atoms with Crippen LogP contribution < -0.4 is 9.62 Å². The number of halogens is 4. The standard InChI is InChI=1S/C17H16ClF3N2O3S/c18-15-6-1-12(17(19,20)21)11-16(15)27(24,25)22-13-2-4-14(5-3-13)23-7-9-26-10-8-23/h1-6,11,22H,7-10H2. The third kappa shape index (κ3) is 4.66. The quantitative estimate of drug-likeness (QED) is 0.812.